The summed E-state index contributed by atoms with van der Waals surface area (Å²) in [6, 6.07) is 21.8. The van der Waals surface area contributed by atoms with Crippen molar-refractivity contribution in [2.45, 2.75) is 18.4 Å². The van der Waals surface area contributed by atoms with Crippen LogP contribution in [-0.4, -0.2) is 70.3 Å². The first kappa shape index (κ1) is 26.7. The number of carbonyl (C=O) groups is 2. The first-order valence-electron chi connectivity index (χ1n) is 13.4. The molecule has 204 valence electrons. The Bertz CT molecular complexity index is 1270. The molecule has 2 aliphatic rings. The Labute approximate surface area is 229 Å². The molecule has 2 heterocycles. The molecular formula is C31H35N3O5. The summed E-state index contributed by atoms with van der Waals surface area (Å²) in [5.41, 5.74) is 2.81. The fraction of sp³-hybridized carbons (Fsp3) is 0.355. The van der Waals surface area contributed by atoms with Gasteiger partial charge in [-0.3, -0.25) is 19.4 Å². The topological polar surface area (TPSA) is 80.3 Å². The van der Waals surface area contributed by atoms with Gasteiger partial charge in [0.05, 0.1) is 39.4 Å². The Morgan fingerprint density at radius 2 is 1.56 bits per heavy atom. The summed E-state index contributed by atoms with van der Waals surface area (Å²) in [7, 11) is 3.23. The molecule has 8 heteroatoms. The molecule has 2 atom stereocenters. The molecule has 2 amide bonds. The van der Waals surface area contributed by atoms with Crippen LogP contribution in [-0.2, 0) is 9.53 Å². The second kappa shape index (κ2) is 12.3. The van der Waals surface area contributed by atoms with Crippen LogP contribution in [0.25, 0.3) is 0 Å². The van der Waals surface area contributed by atoms with Gasteiger partial charge in [-0.2, -0.15) is 0 Å². The third-order valence-electron chi connectivity index (χ3n) is 7.48. The number of ether oxygens (including phenoxy) is 3. The van der Waals surface area contributed by atoms with E-state index in [4.69, 9.17) is 14.2 Å². The minimum Gasteiger partial charge on any atom is -0.497 e. The van der Waals surface area contributed by atoms with Crippen LogP contribution in [0.2, 0.25) is 0 Å². The summed E-state index contributed by atoms with van der Waals surface area (Å²) in [4.78, 5) is 32.1. The van der Waals surface area contributed by atoms with Crippen molar-refractivity contribution in [2.24, 2.45) is 0 Å². The van der Waals surface area contributed by atoms with Gasteiger partial charge in [0, 0.05) is 30.9 Å². The number of rotatable bonds is 9. The summed E-state index contributed by atoms with van der Waals surface area (Å²) < 4.78 is 16.2. The Morgan fingerprint density at radius 3 is 2.23 bits per heavy atom. The van der Waals surface area contributed by atoms with E-state index in [0.717, 1.165) is 50.4 Å². The van der Waals surface area contributed by atoms with E-state index in [-0.39, 0.29) is 11.8 Å². The van der Waals surface area contributed by atoms with E-state index >= 15 is 0 Å². The fourth-order valence-corrected chi connectivity index (χ4v) is 5.44. The highest BCUT2D eigenvalue weighted by atomic mass is 16.5. The van der Waals surface area contributed by atoms with Crippen LogP contribution in [0, 0.1) is 0 Å². The van der Waals surface area contributed by atoms with E-state index in [1.54, 1.807) is 25.2 Å². The zero-order chi connectivity index (χ0) is 27.2. The predicted molar refractivity (Wildman–Crippen MR) is 150 cm³/mol. The van der Waals surface area contributed by atoms with Crippen molar-refractivity contribution in [1.29, 1.82) is 0 Å². The van der Waals surface area contributed by atoms with Crippen molar-refractivity contribution in [3.05, 3.63) is 89.5 Å². The van der Waals surface area contributed by atoms with E-state index in [1.807, 2.05) is 66.7 Å². The molecule has 0 aliphatic carbocycles. The molecule has 0 radical (unpaired) electrons. The number of anilines is 1. The molecule has 5 rings (SSSR count). The first-order valence-corrected chi connectivity index (χ1v) is 13.4. The standard InChI is InChI=1S/C31H35N3O5/c1-37-24-12-8-22(9-13-24)29-28(30(35)32-16-5-17-33-18-20-39-21-19-33)26-6-3-4-7-27(26)31(36)34(29)23-10-14-25(38-2)15-11-23/h3-4,6-15,28-29H,5,16-21H2,1-2H3,(H,32,35)/t28-,29+/m1/s1. The Balaban J connectivity index is 1.49. The highest BCUT2D eigenvalue weighted by Crippen LogP contribution is 2.45. The third kappa shape index (κ3) is 5.77. The molecule has 0 spiro atoms. The van der Waals surface area contributed by atoms with E-state index < -0.39 is 12.0 Å². The Kier molecular flexibility index (Phi) is 8.44. The molecule has 1 N–H and O–H groups in total. The Hall–Kier alpha value is -3.88. The van der Waals surface area contributed by atoms with Gasteiger partial charge in [0.25, 0.3) is 5.91 Å². The second-order valence-corrected chi connectivity index (χ2v) is 9.75. The average Bonchev–Trinajstić information content (AvgIpc) is 3.00. The van der Waals surface area contributed by atoms with Gasteiger partial charge in [-0.05, 0) is 66.6 Å². The molecule has 0 unspecified atom stereocenters. The zero-order valence-corrected chi connectivity index (χ0v) is 22.5. The van der Waals surface area contributed by atoms with Crippen molar-refractivity contribution in [1.82, 2.24) is 10.2 Å². The first-order chi connectivity index (χ1) is 19.1. The smallest absolute Gasteiger partial charge is 0.259 e. The molecule has 8 nitrogen and oxygen atoms in total. The van der Waals surface area contributed by atoms with Crippen LogP contribution >= 0.6 is 0 Å². The van der Waals surface area contributed by atoms with Gasteiger partial charge >= 0.3 is 0 Å². The number of carbonyl (C=O) groups excluding carboxylic acids is 2. The summed E-state index contributed by atoms with van der Waals surface area (Å²) in [6.07, 6.45) is 0.842. The molecule has 0 aromatic heterocycles. The number of methoxy groups -OCH3 is 2. The molecule has 1 fully saturated rings. The molecule has 1 saturated heterocycles. The van der Waals surface area contributed by atoms with Gasteiger partial charge in [0.1, 0.15) is 11.5 Å². The minimum absolute atomic E-state index is 0.101. The van der Waals surface area contributed by atoms with Crippen molar-refractivity contribution in [3.63, 3.8) is 0 Å². The van der Waals surface area contributed by atoms with Gasteiger partial charge in [-0.15, -0.1) is 0 Å². The van der Waals surface area contributed by atoms with Crippen molar-refractivity contribution in [3.8, 4) is 11.5 Å². The number of benzene rings is 3. The highest BCUT2D eigenvalue weighted by Gasteiger charge is 2.44. The number of hydrogen-bond acceptors (Lipinski definition) is 6. The van der Waals surface area contributed by atoms with Gasteiger partial charge in [-0.25, -0.2) is 0 Å². The van der Waals surface area contributed by atoms with Gasteiger partial charge in [0.2, 0.25) is 5.91 Å². The summed E-state index contributed by atoms with van der Waals surface area (Å²) >= 11 is 0. The number of fused-ring (bicyclic) bond motifs is 1. The summed E-state index contributed by atoms with van der Waals surface area (Å²) in [5, 5.41) is 3.18. The molecule has 0 saturated carbocycles. The van der Waals surface area contributed by atoms with Crippen LogP contribution in [0.4, 0.5) is 5.69 Å². The highest BCUT2D eigenvalue weighted by molar-refractivity contribution is 6.11. The summed E-state index contributed by atoms with van der Waals surface area (Å²) in [5.74, 6) is 0.558. The molecule has 2 aliphatic heterocycles. The van der Waals surface area contributed by atoms with Gasteiger partial charge in [-0.1, -0.05) is 30.3 Å². The number of hydrogen-bond donors (Lipinski definition) is 1. The van der Waals surface area contributed by atoms with E-state index in [0.29, 0.717) is 29.3 Å². The van der Waals surface area contributed by atoms with Gasteiger partial charge < -0.3 is 19.5 Å². The number of morpholine rings is 1. The van der Waals surface area contributed by atoms with E-state index in [9.17, 15) is 9.59 Å². The molecular weight excluding hydrogens is 494 g/mol. The summed E-state index contributed by atoms with van der Waals surface area (Å²) in [6.45, 7) is 4.81. The van der Waals surface area contributed by atoms with E-state index in [2.05, 4.69) is 10.2 Å². The minimum atomic E-state index is -0.599. The van der Waals surface area contributed by atoms with Crippen LogP contribution < -0.4 is 19.7 Å². The maximum Gasteiger partial charge on any atom is 0.259 e. The average molecular weight is 530 g/mol. The number of nitrogens with one attached hydrogen (secondary N) is 1. The molecule has 3 aromatic carbocycles. The number of amides is 2. The quantitative estimate of drug-likeness (QED) is 0.422. The fourth-order valence-electron chi connectivity index (χ4n) is 5.44. The maximum atomic E-state index is 14.0. The largest absolute Gasteiger partial charge is 0.497 e. The lowest BCUT2D eigenvalue weighted by Crippen LogP contribution is -2.48. The second-order valence-electron chi connectivity index (χ2n) is 9.75. The molecule has 0 bridgehead atoms. The lowest BCUT2D eigenvalue weighted by Gasteiger charge is -2.42. The normalized spacial score (nSPS) is 19.3. The van der Waals surface area contributed by atoms with Gasteiger partial charge in [0.15, 0.2) is 0 Å². The van der Waals surface area contributed by atoms with Crippen molar-refractivity contribution >= 4 is 17.5 Å². The molecule has 3 aromatic rings. The number of nitrogens with zero attached hydrogens (tertiary/aromatic N) is 2. The van der Waals surface area contributed by atoms with Crippen molar-refractivity contribution < 1.29 is 23.8 Å². The predicted octanol–water partition coefficient (Wildman–Crippen LogP) is 4.03. The van der Waals surface area contributed by atoms with Crippen LogP contribution in [0.5, 0.6) is 11.5 Å². The van der Waals surface area contributed by atoms with Crippen LogP contribution in [0.1, 0.15) is 39.9 Å². The third-order valence-corrected chi connectivity index (χ3v) is 7.48. The Morgan fingerprint density at radius 1 is 0.923 bits per heavy atom. The zero-order valence-electron chi connectivity index (χ0n) is 22.5. The van der Waals surface area contributed by atoms with Crippen LogP contribution in [0.3, 0.4) is 0 Å². The van der Waals surface area contributed by atoms with Crippen molar-refractivity contribution in [2.75, 3.05) is 58.5 Å². The maximum absolute atomic E-state index is 14.0. The van der Waals surface area contributed by atoms with Crippen LogP contribution in [0.15, 0.2) is 72.8 Å². The molecule has 39 heavy (non-hydrogen) atoms. The monoisotopic (exact) mass is 529 g/mol. The lowest BCUT2D eigenvalue weighted by atomic mass is 9.78. The van der Waals surface area contributed by atoms with E-state index in [1.165, 1.54) is 0 Å². The SMILES string of the molecule is COc1ccc([C@H]2[C@H](C(=O)NCCCN3CCOCC3)c3ccccc3C(=O)N2c2ccc(OC)cc2)cc1. The lowest BCUT2D eigenvalue weighted by molar-refractivity contribution is -0.123.